The molecule has 15 heavy (non-hydrogen) atoms. The standard InChI is InChI=1S/C10H13BrN2OS/c1-12-2-3-13(6-10(12)14)5-9-4-8(11)7-15-9/h4,7H,2-3,5-6H2,1H3. The van der Waals surface area contributed by atoms with Gasteiger partial charge in [0.1, 0.15) is 0 Å². The number of amides is 1. The lowest BCUT2D eigenvalue weighted by atomic mass is 10.3. The van der Waals surface area contributed by atoms with E-state index >= 15 is 0 Å². The molecule has 1 aliphatic heterocycles. The van der Waals surface area contributed by atoms with Gasteiger partial charge >= 0.3 is 0 Å². The molecule has 0 bridgehead atoms. The Balaban J connectivity index is 1.93. The fourth-order valence-electron chi connectivity index (χ4n) is 1.60. The minimum atomic E-state index is 0.219. The molecule has 0 saturated carbocycles. The summed E-state index contributed by atoms with van der Waals surface area (Å²) >= 11 is 5.17. The van der Waals surface area contributed by atoms with Crippen LogP contribution in [0.5, 0.6) is 0 Å². The zero-order valence-corrected chi connectivity index (χ0v) is 11.0. The van der Waals surface area contributed by atoms with Gasteiger partial charge in [0.05, 0.1) is 6.54 Å². The number of likely N-dealkylation sites (N-methyl/N-ethyl adjacent to an activating group) is 1. The minimum Gasteiger partial charge on any atom is -0.343 e. The van der Waals surface area contributed by atoms with Crippen molar-refractivity contribution >= 4 is 33.2 Å². The van der Waals surface area contributed by atoms with E-state index < -0.39 is 0 Å². The third-order valence-corrected chi connectivity index (χ3v) is 4.22. The first-order chi connectivity index (χ1) is 7.15. The van der Waals surface area contributed by atoms with Gasteiger partial charge in [-0.2, -0.15) is 0 Å². The fraction of sp³-hybridized carbons (Fsp3) is 0.500. The Hall–Kier alpha value is -0.390. The van der Waals surface area contributed by atoms with Crippen molar-refractivity contribution in [2.24, 2.45) is 0 Å². The van der Waals surface area contributed by atoms with Crippen LogP contribution in [-0.4, -0.2) is 42.4 Å². The molecule has 0 unspecified atom stereocenters. The zero-order valence-electron chi connectivity index (χ0n) is 8.57. The largest absolute Gasteiger partial charge is 0.343 e. The van der Waals surface area contributed by atoms with Crippen molar-refractivity contribution in [3.8, 4) is 0 Å². The molecule has 1 saturated heterocycles. The lowest BCUT2D eigenvalue weighted by molar-refractivity contribution is -0.134. The molecule has 0 aliphatic carbocycles. The van der Waals surface area contributed by atoms with Gasteiger partial charge in [-0.15, -0.1) is 11.3 Å². The van der Waals surface area contributed by atoms with E-state index in [4.69, 9.17) is 0 Å². The maximum absolute atomic E-state index is 11.5. The lowest BCUT2D eigenvalue weighted by Crippen LogP contribution is -2.47. The summed E-state index contributed by atoms with van der Waals surface area (Å²) in [6.45, 7) is 3.24. The SMILES string of the molecule is CN1CCN(Cc2cc(Br)cs2)CC1=O. The second kappa shape index (κ2) is 4.63. The molecule has 82 valence electrons. The molecule has 1 aromatic heterocycles. The van der Waals surface area contributed by atoms with E-state index in [1.165, 1.54) is 4.88 Å². The second-order valence-electron chi connectivity index (χ2n) is 3.76. The highest BCUT2D eigenvalue weighted by Crippen LogP contribution is 2.21. The number of halogens is 1. The van der Waals surface area contributed by atoms with Crippen molar-refractivity contribution in [3.63, 3.8) is 0 Å². The fourth-order valence-corrected chi connectivity index (χ4v) is 3.09. The molecule has 2 heterocycles. The lowest BCUT2D eigenvalue weighted by Gasteiger charge is -2.31. The van der Waals surface area contributed by atoms with Crippen LogP contribution in [0.2, 0.25) is 0 Å². The number of hydrogen-bond donors (Lipinski definition) is 0. The van der Waals surface area contributed by atoms with Crippen LogP contribution < -0.4 is 0 Å². The third kappa shape index (κ3) is 2.80. The summed E-state index contributed by atoms with van der Waals surface area (Å²) in [5.41, 5.74) is 0. The Morgan fingerprint density at radius 1 is 1.53 bits per heavy atom. The van der Waals surface area contributed by atoms with Gasteiger partial charge < -0.3 is 4.90 Å². The summed E-state index contributed by atoms with van der Waals surface area (Å²) in [6, 6.07) is 2.12. The summed E-state index contributed by atoms with van der Waals surface area (Å²) < 4.78 is 1.13. The monoisotopic (exact) mass is 288 g/mol. The van der Waals surface area contributed by atoms with Crippen molar-refractivity contribution < 1.29 is 4.79 Å². The van der Waals surface area contributed by atoms with Crippen LogP contribution in [0.15, 0.2) is 15.9 Å². The van der Waals surface area contributed by atoms with Crippen molar-refractivity contribution in [1.29, 1.82) is 0 Å². The summed E-state index contributed by atoms with van der Waals surface area (Å²) in [5, 5.41) is 2.08. The second-order valence-corrected chi connectivity index (χ2v) is 5.67. The molecule has 1 aromatic rings. The van der Waals surface area contributed by atoms with Gasteiger partial charge in [0, 0.05) is 41.4 Å². The van der Waals surface area contributed by atoms with Gasteiger partial charge in [-0.05, 0) is 22.0 Å². The summed E-state index contributed by atoms with van der Waals surface area (Å²) in [5.74, 6) is 0.219. The highest BCUT2D eigenvalue weighted by molar-refractivity contribution is 9.10. The van der Waals surface area contributed by atoms with Gasteiger partial charge in [-0.25, -0.2) is 0 Å². The molecular weight excluding hydrogens is 276 g/mol. The first kappa shape index (κ1) is 11.1. The topological polar surface area (TPSA) is 23.6 Å². The maximum Gasteiger partial charge on any atom is 0.236 e. The molecule has 1 aliphatic rings. The molecule has 1 amide bonds. The summed E-state index contributed by atoms with van der Waals surface area (Å²) in [6.07, 6.45) is 0. The van der Waals surface area contributed by atoms with Crippen molar-refractivity contribution in [1.82, 2.24) is 9.80 Å². The Kier molecular flexibility index (Phi) is 3.43. The Morgan fingerprint density at radius 3 is 2.93 bits per heavy atom. The molecule has 0 spiro atoms. The minimum absolute atomic E-state index is 0.219. The van der Waals surface area contributed by atoms with Gasteiger partial charge in [0.15, 0.2) is 0 Å². The van der Waals surface area contributed by atoms with Crippen LogP contribution in [0.3, 0.4) is 0 Å². The molecular formula is C10H13BrN2OS. The number of thiophene rings is 1. The van der Waals surface area contributed by atoms with Crippen LogP contribution in [0.25, 0.3) is 0 Å². The van der Waals surface area contributed by atoms with Gasteiger partial charge in [-0.1, -0.05) is 0 Å². The van der Waals surface area contributed by atoms with E-state index in [-0.39, 0.29) is 5.91 Å². The number of piperazine rings is 1. The van der Waals surface area contributed by atoms with Crippen LogP contribution in [0.4, 0.5) is 0 Å². The van der Waals surface area contributed by atoms with E-state index in [0.29, 0.717) is 6.54 Å². The highest BCUT2D eigenvalue weighted by Gasteiger charge is 2.20. The van der Waals surface area contributed by atoms with E-state index in [1.807, 2.05) is 7.05 Å². The van der Waals surface area contributed by atoms with E-state index in [9.17, 15) is 4.79 Å². The van der Waals surface area contributed by atoms with Crippen molar-refractivity contribution in [3.05, 3.63) is 20.8 Å². The van der Waals surface area contributed by atoms with Crippen LogP contribution in [-0.2, 0) is 11.3 Å². The summed E-state index contributed by atoms with van der Waals surface area (Å²) in [7, 11) is 1.86. The quantitative estimate of drug-likeness (QED) is 0.828. The molecule has 0 atom stereocenters. The van der Waals surface area contributed by atoms with Gasteiger partial charge in [-0.3, -0.25) is 9.69 Å². The average Bonchev–Trinajstić information content (AvgIpc) is 2.58. The van der Waals surface area contributed by atoms with E-state index in [2.05, 4.69) is 32.3 Å². The molecule has 3 nitrogen and oxygen atoms in total. The number of carbonyl (C=O) groups excluding carboxylic acids is 1. The number of rotatable bonds is 2. The van der Waals surface area contributed by atoms with E-state index in [0.717, 1.165) is 24.1 Å². The first-order valence-electron chi connectivity index (χ1n) is 4.84. The highest BCUT2D eigenvalue weighted by atomic mass is 79.9. The molecule has 2 rings (SSSR count). The molecule has 0 radical (unpaired) electrons. The third-order valence-electron chi connectivity index (χ3n) is 2.54. The first-order valence-corrected chi connectivity index (χ1v) is 6.51. The number of carbonyl (C=O) groups is 1. The average molecular weight is 289 g/mol. The maximum atomic E-state index is 11.5. The Bertz CT molecular complexity index is 366. The Morgan fingerprint density at radius 2 is 2.33 bits per heavy atom. The zero-order chi connectivity index (χ0) is 10.8. The van der Waals surface area contributed by atoms with Crippen molar-refractivity contribution in [2.45, 2.75) is 6.54 Å². The van der Waals surface area contributed by atoms with Gasteiger partial charge in [0.25, 0.3) is 0 Å². The molecule has 0 aromatic carbocycles. The molecule has 1 fully saturated rings. The smallest absolute Gasteiger partial charge is 0.236 e. The predicted molar refractivity (Wildman–Crippen MR) is 64.9 cm³/mol. The number of nitrogens with zero attached hydrogens (tertiary/aromatic N) is 2. The normalized spacial score (nSPS) is 18.5. The van der Waals surface area contributed by atoms with Crippen LogP contribution >= 0.6 is 27.3 Å². The Labute approximate surface area is 102 Å². The van der Waals surface area contributed by atoms with Crippen LogP contribution in [0.1, 0.15) is 4.88 Å². The predicted octanol–water partition coefficient (Wildman–Crippen LogP) is 1.78. The van der Waals surface area contributed by atoms with Crippen LogP contribution in [0, 0.1) is 0 Å². The summed E-state index contributed by atoms with van der Waals surface area (Å²) in [4.78, 5) is 16.8. The molecule has 5 heteroatoms. The van der Waals surface area contributed by atoms with E-state index in [1.54, 1.807) is 16.2 Å². The molecule has 0 N–H and O–H groups in total. The van der Waals surface area contributed by atoms with Crippen molar-refractivity contribution in [2.75, 3.05) is 26.7 Å². The number of hydrogen-bond acceptors (Lipinski definition) is 3. The van der Waals surface area contributed by atoms with Gasteiger partial charge in [0.2, 0.25) is 5.91 Å².